The standard InChI is InChI=1S/C22H22ClN7O3S3/c1-12(2)36(31,32)18-7-5-4-6-15(18)27-19-14(23)11-25-21(28-19)26-13-8-9-17(16(10-13)33-3)34-22-30-29-20(24)35-22/h4-12H,1-3H3,(H2,24,29)(H2,25,26,27,28). The van der Waals surface area contributed by atoms with Gasteiger partial charge in [0.1, 0.15) is 10.8 Å². The first-order valence-electron chi connectivity index (χ1n) is 10.5. The maximum atomic E-state index is 12.8. The van der Waals surface area contributed by atoms with Gasteiger partial charge in [-0.05, 0) is 38.1 Å². The Kier molecular flexibility index (Phi) is 7.83. The topological polar surface area (TPSA) is 145 Å². The molecule has 0 bridgehead atoms. The minimum Gasteiger partial charge on any atom is -0.495 e. The van der Waals surface area contributed by atoms with Crippen LogP contribution in [-0.2, 0) is 9.84 Å². The summed E-state index contributed by atoms with van der Waals surface area (Å²) in [5, 5.41) is 14.0. The number of nitrogens with zero attached hydrogens (tertiary/aromatic N) is 4. The van der Waals surface area contributed by atoms with Crippen molar-refractivity contribution in [1.29, 1.82) is 0 Å². The smallest absolute Gasteiger partial charge is 0.229 e. The van der Waals surface area contributed by atoms with Crippen LogP contribution in [0.1, 0.15) is 13.8 Å². The van der Waals surface area contributed by atoms with Gasteiger partial charge < -0.3 is 21.1 Å². The highest BCUT2D eigenvalue weighted by atomic mass is 35.5. The number of ether oxygens (including phenoxy) is 1. The minimum atomic E-state index is -3.53. The Bertz CT molecular complexity index is 1500. The summed E-state index contributed by atoms with van der Waals surface area (Å²) in [6.45, 7) is 3.26. The molecule has 2 heterocycles. The zero-order valence-electron chi connectivity index (χ0n) is 19.4. The molecule has 10 nitrogen and oxygen atoms in total. The monoisotopic (exact) mass is 563 g/mol. The summed E-state index contributed by atoms with van der Waals surface area (Å²) in [6, 6.07) is 12.1. The van der Waals surface area contributed by atoms with Crippen LogP contribution >= 0.6 is 34.7 Å². The van der Waals surface area contributed by atoms with E-state index in [-0.39, 0.29) is 21.7 Å². The van der Waals surface area contributed by atoms with Crippen molar-refractivity contribution in [3.63, 3.8) is 0 Å². The molecule has 4 aromatic rings. The summed E-state index contributed by atoms with van der Waals surface area (Å²) in [6.07, 6.45) is 1.43. The number of rotatable bonds is 9. The summed E-state index contributed by atoms with van der Waals surface area (Å²) in [7, 11) is -1.96. The van der Waals surface area contributed by atoms with E-state index in [4.69, 9.17) is 22.1 Å². The van der Waals surface area contributed by atoms with Crippen molar-refractivity contribution in [2.75, 3.05) is 23.5 Å². The first-order valence-corrected chi connectivity index (χ1v) is 14.1. The van der Waals surface area contributed by atoms with Crippen LogP contribution < -0.4 is 21.1 Å². The second kappa shape index (κ2) is 10.9. The number of sulfone groups is 1. The molecule has 0 fully saturated rings. The van der Waals surface area contributed by atoms with Crippen LogP contribution in [0, 0.1) is 0 Å². The van der Waals surface area contributed by atoms with E-state index in [0.717, 1.165) is 4.90 Å². The van der Waals surface area contributed by atoms with Gasteiger partial charge in [0.2, 0.25) is 11.1 Å². The molecule has 0 saturated carbocycles. The maximum Gasteiger partial charge on any atom is 0.229 e. The van der Waals surface area contributed by atoms with Crippen molar-refractivity contribution < 1.29 is 13.2 Å². The third kappa shape index (κ3) is 5.81. The lowest BCUT2D eigenvalue weighted by molar-refractivity contribution is 0.405. The fourth-order valence-electron chi connectivity index (χ4n) is 3.03. The Morgan fingerprint density at radius 2 is 1.92 bits per heavy atom. The van der Waals surface area contributed by atoms with Crippen LogP contribution in [-0.4, -0.2) is 40.9 Å². The predicted octanol–water partition coefficient (Wildman–Crippen LogP) is 5.39. The van der Waals surface area contributed by atoms with Gasteiger partial charge in [0.15, 0.2) is 20.0 Å². The highest BCUT2D eigenvalue weighted by Gasteiger charge is 2.23. The molecule has 36 heavy (non-hydrogen) atoms. The molecular formula is C22H22ClN7O3S3. The van der Waals surface area contributed by atoms with Crippen molar-refractivity contribution >= 4 is 72.8 Å². The number of nitrogens with two attached hydrogens (primary N) is 1. The van der Waals surface area contributed by atoms with Gasteiger partial charge in [0.05, 0.1) is 34.0 Å². The van der Waals surface area contributed by atoms with Crippen LogP contribution in [0.5, 0.6) is 5.75 Å². The molecule has 0 aliphatic carbocycles. The molecule has 0 atom stereocenters. The molecule has 0 radical (unpaired) electrons. The number of benzene rings is 2. The molecule has 14 heteroatoms. The van der Waals surface area contributed by atoms with Gasteiger partial charge in [0.25, 0.3) is 0 Å². The molecular weight excluding hydrogens is 542 g/mol. The van der Waals surface area contributed by atoms with Crippen LogP contribution in [0.15, 0.2) is 62.8 Å². The molecule has 0 amide bonds. The fraction of sp³-hybridized carbons (Fsp3) is 0.182. The molecule has 4 rings (SSSR count). The molecule has 0 spiro atoms. The Labute approximate surface area is 221 Å². The molecule has 2 aromatic carbocycles. The largest absolute Gasteiger partial charge is 0.495 e. The number of nitrogen functional groups attached to an aromatic ring is 1. The third-order valence-corrected chi connectivity index (χ3v) is 9.20. The van der Waals surface area contributed by atoms with E-state index in [1.54, 1.807) is 51.3 Å². The molecule has 0 aliphatic heterocycles. The first-order chi connectivity index (χ1) is 17.2. The molecule has 2 aromatic heterocycles. The van der Waals surface area contributed by atoms with Gasteiger partial charge in [-0.2, -0.15) is 4.98 Å². The van der Waals surface area contributed by atoms with Crippen molar-refractivity contribution in [2.45, 2.75) is 33.2 Å². The Morgan fingerprint density at radius 3 is 2.61 bits per heavy atom. The highest BCUT2D eigenvalue weighted by Crippen LogP contribution is 2.38. The number of para-hydroxylation sites is 1. The van der Waals surface area contributed by atoms with Gasteiger partial charge in [-0.15, -0.1) is 10.2 Å². The van der Waals surface area contributed by atoms with E-state index < -0.39 is 15.1 Å². The minimum absolute atomic E-state index is 0.166. The van der Waals surface area contributed by atoms with E-state index in [0.29, 0.717) is 26.6 Å². The lowest BCUT2D eigenvalue weighted by Gasteiger charge is -2.15. The maximum absolute atomic E-state index is 12.8. The van der Waals surface area contributed by atoms with E-state index in [1.807, 2.05) is 12.1 Å². The van der Waals surface area contributed by atoms with Gasteiger partial charge in [0, 0.05) is 11.8 Å². The van der Waals surface area contributed by atoms with Crippen LogP contribution in [0.3, 0.4) is 0 Å². The van der Waals surface area contributed by atoms with Gasteiger partial charge in [-0.1, -0.05) is 46.8 Å². The quantitative estimate of drug-likeness (QED) is 0.241. The van der Waals surface area contributed by atoms with E-state index in [9.17, 15) is 8.42 Å². The second-order valence-electron chi connectivity index (χ2n) is 7.60. The van der Waals surface area contributed by atoms with E-state index in [2.05, 4.69) is 30.8 Å². The average Bonchev–Trinajstić information content (AvgIpc) is 3.26. The number of hydrogen-bond acceptors (Lipinski definition) is 12. The highest BCUT2D eigenvalue weighted by molar-refractivity contribution is 8.01. The average molecular weight is 564 g/mol. The molecule has 0 aliphatic rings. The van der Waals surface area contributed by atoms with E-state index >= 15 is 0 Å². The fourth-order valence-corrected chi connectivity index (χ4v) is 6.05. The van der Waals surface area contributed by atoms with Crippen LogP contribution in [0.4, 0.5) is 28.3 Å². The van der Waals surface area contributed by atoms with Crippen LogP contribution in [0.2, 0.25) is 5.02 Å². The lowest BCUT2D eigenvalue weighted by atomic mass is 10.3. The summed E-state index contributed by atoms with van der Waals surface area (Å²) in [5.74, 6) is 1.12. The lowest BCUT2D eigenvalue weighted by Crippen LogP contribution is -2.15. The number of methoxy groups -OCH3 is 1. The van der Waals surface area contributed by atoms with Gasteiger partial charge >= 0.3 is 0 Å². The number of aromatic nitrogens is 4. The molecule has 0 saturated heterocycles. The third-order valence-electron chi connectivity index (χ3n) is 4.85. The Hall–Kier alpha value is -3.13. The number of anilines is 5. The Morgan fingerprint density at radius 1 is 1.14 bits per heavy atom. The zero-order chi connectivity index (χ0) is 25.9. The number of nitrogens with one attached hydrogen (secondary N) is 2. The SMILES string of the molecule is COc1cc(Nc2ncc(Cl)c(Nc3ccccc3S(=O)(=O)C(C)C)n2)ccc1Sc1nnc(N)s1. The second-order valence-corrected chi connectivity index (χ2v) is 12.8. The van der Waals surface area contributed by atoms with Crippen molar-refractivity contribution in [3.05, 3.63) is 53.7 Å². The molecule has 188 valence electrons. The van der Waals surface area contributed by atoms with Crippen LogP contribution in [0.25, 0.3) is 0 Å². The Balaban J connectivity index is 1.58. The summed E-state index contributed by atoms with van der Waals surface area (Å²) >= 11 is 9.00. The normalized spacial score (nSPS) is 11.5. The predicted molar refractivity (Wildman–Crippen MR) is 144 cm³/mol. The molecule has 4 N–H and O–H groups in total. The molecule has 0 unspecified atom stereocenters. The van der Waals surface area contributed by atoms with Crippen molar-refractivity contribution in [3.8, 4) is 5.75 Å². The summed E-state index contributed by atoms with van der Waals surface area (Å²) < 4.78 is 31.8. The number of halogens is 1. The number of hydrogen-bond donors (Lipinski definition) is 3. The van der Waals surface area contributed by atoms with Gasteiger partial charge in [-0.25, -0.2) is 13.4 Å². The van der Waals surface area contributed by atoms with Crippen molar-refractivity contribution in [1.82, 2.24) is 20.2 Å². The zero-order valence-corrected chi connectivity index (χ0v) is 22.6. The first kappa shape index (κ1) is 25.9. The summed E-state index contributed by atoms with van der Waals surface area (Å²) in [5.41, 5.74) is 6.70. The summed E-state index contributed by atoms with van der Waals surface area (Å²) in [4.78, 5) is 9.68. The van der Waals surface area contributed by atoms with E-state index in [1.165, 1.54) is 29.3 Å². The van der Waals surface area contributed by atoms with Gasteiger partial charge in [-0.3, -0.25) is 0 Å². The van der Waals surface area contributed by atoms with Crippen molar-refractivity contribution in [2.24, 2.45) is 0 Å².